The summed E-state index contributed by atoms with van der Waals surface area (Å²) in [6, 6.07) is 19.0. The number of dihydropyridines is 1. The largest absolute Gasteiger partial charge is 0.477 e. The van der Waals surface area contributed by atoms with Gasteiger partial charge in [0.1, 0.15) is 11.4 Å². The lowest BCUT2D eigenvalue weighted by atomic mass is 9.90. The molecule has 1 N–H and O–H groups in total. The van der Waals surface area contributed by atoms with Gasteiger partial charge in [0.15, 0.2) is 0 Å². The minimum absolute atomic E-state index is 0.0681. The molecular weight excluding hydrogens is 425 g/mol. The average Bonchev–Trinajstić information content (AvgIpc) is 2.85. The molecule has 1 aliphatic carbocycles. The average molecular weight is 446 g/mol. The highest BCUT2D eigenvalue weighted by Crippen LogP contribution is 2.47. The van der Waals surface area contributed by atoms with E-state index in [1.54, 1.807) is 19.9 Å². The van der Waals surface area contributed by atoms with Crippen LogP contribution in [-0.2, 0) is 10.5 Å². The highest BCUT2D eigenvalue weighted by Gasteiger charge is 2.30. The van der Waals surface area contributed by atoms with Gasteiger partial charge in [-0.05, 0) is 89.1 Å². The zero-order valence-corrected chi connectivity index (χ0v) is 18.4. The van der Waals surface area contributed by atoms with Crippen LogP contribution in [0.3, 0.4) is 0 Å². The van der Waals surface area contributed by atoms with Crippen LogP contribution in [0.5, 0.6) is 0 Å². The Morgan fingerprint density at radius 3 is 2.41 bits per heavy atom. The third kappa shape index (κ3) is 3.55. The van der Waals surface area contributed by atoms with E-state index in [4.69, 9.17) is 11.6 Å². The number of benzene rings is 3. The van der Waals surface area contributed by atoms with Gasteiger partial charge in [0.2, 0.25) is 0 Å². The van der Waals surface area contributed by atoms with Crippen molar-refractivity contribution in [1.82, 2.24) is 0 Å². The molecule has 2 bridgehead atoms. The van der Waals surface area contributed by atoms with E-state index in [0.29, 0.717) is 17.0 Å². The zero-order chi connectivity index (χ0) is 22.6. The van der Waals surface area contributed by atoms with Gasteiger partial charge in [0, 0.05) is 5.02 Å². The molecule has 32 heavy (non-hydrogen) atoms. The number of aliphatic imine (C=N–C) groups is 1. The van der Waals surface area contributed by atoms with E-state index in [1.807, 2.05) is 54.6 Å². The molecule has 3 nitrogen and oxygen atoms in total. The van der Waals surface area contributed by atoms with Gasteiger partial charge in [-0.25, -0.2) is 9.18 Å². The molecule has 0 saturated heterocycles. The second-order valence-corrected chi connectivity index (χ2v) is 9.19. The standard InChI is InChI=1S/C27H21ClFNO2/c1-27(2,29)18-6-3-15(4-7-18)16-5-9-20-17-12-24(30-25(13-17)26(31)32)21-10-8-19(28)14-23(21)22(20)11-16/h3-11,13-14,24H,12H2,1-2H3,(H,31,32). The number of rotatable bonds is 3. The Bertz CT molecular complexity index is 1320. The second-order valence-electron chi connectivity index (χ2n) is 8.75. The summed E-state index contributed by atoms with van der Waals surface area (Å²) in [5.74, 6) is -1.03. The number of carboxylic acid groups (broad SMARTS) is 1. The predicted molar refractivity (Wildman–Crippen MR) is 127 cm³/mol. The molecule has 0 amide bonds. The Morgan fingerprint density at radius 2 is 1.72 bits per heavy atom. The first-order chi connectivity index (χ1) is 15.2. The summed E-state index contributed by atoms with van der Waals surface area (Å²) in [5, 5.41) is 10.2. The molecule has 160 valence electrons. The quantitative estimate of drug-likeness (QED) is 0.461. The van der Waals surface area contributed by atoms with E-state index in [1.165, 1.54) is 0 Å². The summed E-state index contributed by atoms with van der Waals surface area (Å²) in [6.45, 7) is 3.09. The van der Waals surface area contributed by atoms with Crippen LogP contribution in [-0.4, -0.2) is 16.8 Å². The van der Waals surface area contributed by atoms with Gasteiger partial charge in [0.25, 0.3) is 0 Å². The van der Waals surface area contributed by atoms with Crippen molar-refractivity contribution < 1.29 is 14.3 Å². The van der Waals surface area contributed by atoms with Gasteiger partial charge in [-0.3, -0.25) is 4.99 Å². The molecule has 0 spiro atoms. The topological polar surface area (TPSA) is 49.7 Å². The van der Waals surface area contributed by atoms with Gasteiger partial charge in [-0.2, -0.15) is 0 Å². The van der Waals surface area contributed by atoms with Crippen LogP contribution >= 0.6 is 11.6 Å². The van der Waals surface area contributed by atoms with Gasteiger partial charge < -0.3 is 5.11 Å². The molecule has 1 heterocycles. The Morgan fingerprint density at radius 1 is 1.00 bits per heavy atom. The summed E-state index contributed by atoms with van der Waals surface area (Å²) in [7, 11) is 0. The number of aliphatic carboxylic acids is 1. The maximum atomic E-state index is 14.3. The minimum Gasteiger partial charge on any atom is -0.477 e. The fourth-order valence-corrected chi connectivity index (χ4v) is 4.68. The molecule has 1 atom stereocenters. The first kappa shape index (κ1) is 20.7. The zero-order valence-electron chi connectivity index (χ0n) is 17.7. The SMILES string of the molecule is CC(C)(F)c1ccc(-c2ccc3c(c2)-c2cc(Cl)ccc2C2CC3=CC(C(=O)O)=N2)cc1. The van der Waals surface area contributed by atoms with Crippen molar-refractivity contribution in [2.24, 2.45) is 4.99 Å². The lowest BCUT2D eigenvalue weighted by Gasteiger charge is -2.18. The van der Waals surface area contributed by atoms with Crippen molar-refractivity contribution in [3.05, 3.63) is 88.5 Å². The fourth-order valence-electron chi connectivity index (χ4n) is 4.51. The number of fused-ring (bicyclic) bond motifs is 7. The van der Waals surface area contributed by atoms with Crippen LogP contribution in [0.1, 0.15) is 43.0 Å². The molecule has 0 saturated carbocycles. The third-order valence-electron chi connectivity index (χ3n) is 6.17. The second kappa shape index (κ2) is 7.42. The maximum Gasteiger partial charge on any atom is 0.354 e. The maximum absolute atomic E-state index is 14.3. The molecule has 5 rings (SSSR count). The van der Waals surface area contributed by atoms with Crippen LogP contribution in [0.15, 0.2) is 71.7 Å². The molecule has 0 radical (unpaired) electrons. The Labute approximate surface area is 190 Å². The highest BCUT2D eigenvalue weighted by atomic mass is 35.5. The molecule has 1 unspecified atom stereocenters. The minimum atomic E-state index is -1.40. The molecule has 5 heteroatoms. The number of alkyl halides is 1. The van der Waals surface area contributed by atoms with Crippen LogP contribution in [0.2, 0.25) is 5.02 Å². The van der Waals surface area contributed by atoms with Crippen LogP contribution < -0.4 is 0 Å². The number of carboxylic acids is 1. The number of hydrogen-bond acceptors (Lipinski definition) is 2. The molecular formula is C27H21ClFNO2. The lowest BCUT2D eigenvalue weighted by molar-refractivity contribution is -0.129. The smallest absolute Gasteiger partial charge is 0.354 e. The van der Waals surface area contributed by atoms with Crippen molar-refractivity contribution in [3.8, 4) is 22.3 Å². The first-order valence-electron chi connectivity index (χ1n) is 10.5. The summed E-state index contributed by atoms with van der Waals surface area (Å²) in [4.78, 5) is 16.2. The Balaban J connectivity index is 1.70. The van der Waals surface area contributed by atoms with E-state index in [9.17, 15) is 14.3 Å². The predicted octanol–water partition coefficient (Wildman–Crippen LogP) is 7.25. The molecule has 0 aromatic heterocycles. The number of halogens is 2. The van der Waals surface area contributed by atoms with Crippen molar-refractivity contribution in [3.63, 3.8) is 0 Å². The summed E-state index contributed by atoms with van der Waals surface area (Å²) in [5.41, 5.74) is 6.12. The number of nitrogens with zero attached hydrogens (tertiary/aromatic N) is 1. The van der Waals surface area contributed by atoms with Gasteiger partial charge in [-0.1, -0.05) is 54.1 Å². The van der Waals surface area contributed by atoms with E-state index in [0.717, 1.165) is 39.0 Å². The van der Waals surface area contributed by atoms with E-state index in [2.05, 4.69) is 11.1 Å². The molecule has 2 aliphatic rings. The normalized spacial score (nSPS) is 16.9. The highest BCUT2D eigenvalue weighted by molar-refractivity contribution is 6.42. The van der Waals surface area contributed by atoms with Crippen molar-refractivity contribution >= 4 is 28.9 Å². The summed E-state index contributed by atoms with van der Waals surface area (Å²) in [6.07, 6.45) is 2.31. The van der Waals surface area contributed by atoms with Gasteiger partial charge in [-0.15, -0.1) is 0 Å². The molecule has 1 aliphatic heterocycles. The lowest BCUT2D eigenvalue weighted by Crippen LogP contribution is -2.16. The van der Waals surface area contributed by atoms with E-state index in [-0.39, 0.29) is 11.8 Å². The molecule has 3 aromatic rings. The van der Waals surface area contributed by atoms with Crippen LogP contribution in [0.4, 0.5) is 4.39 Å². The van der Waals surface area contributed by atoms with Gasteiger partial charge >= 0.3 is 5.97 Å². The van der Waals surface area contributed by atoms with Crippen molar-refractivity contribution in [2.75, 3.05) is 0 Å². The van der Waals surface area contributed by atoms with E-state index >= 15 is 0 Å². The summed E-state index contributed by atoms with van der Waals surface area (Å²) < 4.78 is 14.3. The summed E-state index contributed by atoms with van der Waals surface area (Å²) >= 11 is 6.36. The molecule has 0 fully saturated rings. The van der Waals surface area contributed by atoms with Gasteiger partial charge in [0.05, 0.1) is 6.04 Å². The van der Waals surface area contributed by atoms with Crippen molar-refractivity contribution in [2.45, 2.75) is 32.0 Å². The van der Waals surface area contributed by atoms with Crippen molar-refractivity contribution in [1.29, 1.82) is 0 Å². The number of hydrogen-bond donors (Lipinski definition) is 1. The Kier molecular flexibility index (Phi) is 4.79. The molecule has 3 aromatic carbocycles. The number of carbonyl (C=O) groups is 1. The third-order valence-corrected chi connectivity index (χ3v) is 6.41. The fraction of sp³-hybridized carbons (Fsp3) is 0.185. The van der Waals surface area contributed by atoms with Crippen LogP contribution in [0.25, 0.3) is 27.8 Å². The van der Waals surface area contributed by atoms with Crippen LogP contribution in [0, 0.1) is 0 Å². The Hall–Kier alpha value is -3.24. The first-order valence-corrected chi connectivity index (χ1v) is 10.8. The monoisotopic (exact) mass is 445 g/mol. The van der Waals surface area contributed by atoms with E-state index < -0.39 is 11.6 Å².